The molecule has 9 heteroatoms. The van der Waals surface area contributed by atoms with E-state index in [1.807, 2.05) is 9.80 Å². The number of nitrogens with zero attached hydrogens (tertiary/aromatic N) is 2. The van der Waals surface area contributed by atoms with E-state index >= 15 is 0 Å². The molecule has 2 bridgehead atoms. The first-order valence-electron chi connectivity index (χ1n) is 10.9. The summed E-state index contributed by atoms with van der Waals surface area (Å²) >= 11 is 0. The lowest BCUT2D eigenvalue weighted by Gasteiger charge is -2.35. The van der Waals surface area contributed by atoms with Crippen LogP contribution in [0.1, 0.15) is 32.1 Å². The van der Waals surface area contributed by atoms with Crippen molar-refractivity contribution in [2.45, 2.75) is 38.5 Å². The number of alkyl halides is 3. The standard InChI is InChI=1S/C22H28F3N3O3/c23-22(24,25)31-19-5-3-18(4-6-19)26-20(29)14-27-7-9-28(10-8-27)21(30)13-17-12-15-1-2-16(17)11-15/h3-6,15-17H,1-2,7-14H2,(H,26,29). The number of piperazine rings is 1. The molecule has 0 radical (unpaired) electrons. The Balaban J connectivity index is 1.17. The Morgan fingerprint density at radius 3 is 2.32 bits per heavy atom. The molecule has 4 rings (SSSR count). The van der Waals surface area contributed by atoms with Crippen LogP contribution in [0.5, 0.6) is 5.75 Å². The molecule has 3 atom stereocenters. The van der Waals surface area contributed by atoms with Gasteiger partial charge >= 0.3 is 6.36 Å². The zero-order chi connectivity index (χ0) is 22.0. The highest BCUT2D eigenvalue weighted by Gasteiger charge is 2.40. The summed E-state index contributed by atoms with van der Waals surface area (Å²) in [5, 5.41) is 2.68. The van der Waals surface area contributed by atoms with Gasteiger partial charge in [-0.3, -0.25) is 14.5 Å². The maximum Gasteiger partial charge on any atom is 0.573 e. The number of hydrogen-bond donors (Lipinski definition) is 1. The third kappa shape index (κ3) is 5.90. The Labute approximate surface area is 179 Å². The fourth-order valence-electron chi connectivity index (χ4n) is 5.28. The molecule has 6 nitrogen and oxygen atoms in total. The summed E-state index contributed by atoms with van der Waals surface area (Å²) in [5.41, 5.74) is 0.402. The monoisotopic (exact) mass is 439 g/mol. The summed E-state index contributed by atoms with van der Waals surface area (Å²) in [6.07, 6.45) is 1.05. The van der Waals surface area contributed by atoms with E-state index in [1.165, 1.54) is 37.8 Å². The summed E-state index contributed by atoms with van der Waals surface area (Å²) in [7, 11) is 0. The van der Waals surface area contributed by atoms with E-state index < -0.39 is 6.36 Å². The van der Waals surface area contributed by atoms with Crippen molar-refractivity contribution in [2.75, 3.05) is 38.0 Å². The Morgan fingerprint density at radius 2 is 1.74 bits per heavy atom. The molecule has 3 fully saturated rings. The first-order chi connectivity index (χ1) is 14.7. The van der Waals surface area contributed by atoms with Gasteiger partial charge in [-0.2, -0.15) is 0 Å². The van der Waals surface area contributed by atoms with Crippen LogP contribution in [-0.4, -0.2) is 60.7 Å². The van der Waals surface area contributed by atoms with E-state index in [9.17, 15) is 22.8 Å². The van der Waals surface area contributed by atoms with E-state index in [0.717, 1.165) is 24.0 Å². The third-order valence-corrected chi connectivity index (χ3v) is 6.79. The molecular weight excluding hydrogens is 411 g/mol. The molecule has 1 saturated heterocycles. The number of rotatable bonds is 6. The Morgan fingerprint density at radius 1 is 1.03 bits per heavy atom. The average molecular weight is 439 g/mol. The van der Waals surface area contributed by atoms with Crippen LogP contribution in [0.4, 0.5) is 18.9 Å². The quantitative estimate of drug-likeness (QED) is 0.737. The van der Waals surface area contributed by atoms with Crippen molar-refractivity contribution in [3.63, 3.8) is 0 Å². The maximum absolute atomic E-state index is 12.7. The smallest absolute Gasteiger partial charge is 0.406 e. The summed E-state index contributed by atoms with van der Waals surface area (Å²) in [6.45, 7) is 2.69. The second-order valence-electron chi connectivity index (χ2n) is 8.92. The highest BCUT2D eigenvalue weighted by atomic mass is 19.4. The van der Waals surface area contributed by atoms with Gasteiger partial charge in [-0.05, 0) is 61.3 Å². The largest absolute Gasteiger partial charge is 0.573 e. The zero-order valence-electron chi connectivity index (χ0n) is 17.4. The number of benzene rings is 1. The molecular formula is C22H28F3N3O3. The van der Waals surface area contributed by atoms with E-state index in [4.69, 9.17) is 0 Å². The van der Waals surface area contributed by atoms with Gasteiger partial charge in [0.1, 0.15) is 5.75 Å². The second kappa shape index (κ2) is 9.06. The molecule has 3 aliphatic rings. The molecule has 0 aromatic heterocycles. The second-order valence-corrected chi connectivity index (χ2v) is 8.92. The van der Waals surface area contributed by atoms with Crippen molar-refractivity contribution in [1.82, 2.24) is 9.80 Å². The number of carbonyl (C=O) groups excluding carboxylic acids is 2. The summed E-state index contributed by atoms with van der Waals surface area (Å²) in [5.74, 6) is 1.80. The van der Waals surface area contributed by atoms with Gasteiger partial charge in [-0.1, -0.05) is 6.42 Å². The van der Waals surface area contributed by atoms with Crippen LogP contribution in [0, 0.1) is 17.8 Å². The van der Waals surface area contributed by atoms with E-state index in [-0.39, 0.29) is 24.1 Å². The predicted molar refractivity (Wildman–Crippen MR) is 108 cm³/mol. The highest BCUT2D eigenvalue weighted by Crippen LogP contribution is 2.49. The van der Waals surface area contributed by atoms with Crippen molar-refractivity contribution in [1.29, 1.82) is 0 Å². The minimum atomic E-state index is -4.75. The summed E-state index contributed by atoms with van der Waals surface area (Å²) in [4.78, 5) is 28.8. The number of carbonyl (C=O) groups is 2. The molecule has 170 valence electrons. The molecule has 1 aromatic rings. The molecule has 0 spiro atoms. The van der Waals surface area contributed by atoms with Gasteiger partial charge < -0.3 is 15.0 Å². The molecule has 1 aromatic carbocycles. The van der Waals surface area contributed by atoms with Gasteiger partial charge in [0.05, 0.1) is 6.54 Å². The summed E-state index contributed by atoms with van der Waals surface area (Å²) in [6, 6.07) is 5.05. The van der Waals surface area contributed by atoms with Crippen molar-refractivity contribution >= 4 is 17.5 Å². The molecule has 31 heavy (non-hydrogen) atoms. The average Bonchev–Trinajstić information content (AvgIpc) is 3.32. The van der Waals surface area contributed by atoms with Crippen LogP contribution >= 0.6 is 0 Å². The Bertz CT molecular complexity index is 791. The van der Waals surface area contributed by atoms with Gasteiger partial charge in [0.25, 0.3) is 0 Å². The van der Waals surface area contributed by atoms with Crippen LogP contribution in [0.3, 0.4) is 0 Å². The maximum atomic E-state index is 12.7. The topological polar surface area (TPSA) is 61.9 Å². The first kappa shape index (κ1) is 21.9. The van der Waals surface area contributed by atoms with Gasteiger partial charge in [0.2, 0.25) is 11.8 Å². The number of halogens is 3. The normalized spacial score (nSPS) is 26.2. The number of amides is 2. The van der Waals surface area contributed by atoms with Crippen molar-refractivity contribution in [3.8, 4) is 5.75 Å². The SMILES string of the molecule is O=C(CN1CCN(C(=O)CC2CC3CCC2C3)CC1)Nc1ccc(OC(F)(F)F)cc1. The lowest BCUT2D eigenvalue weighted by atomic mass is 9.86. The minimum Gasteiger partial charge on any atom is -0.406 e. The third-order valence-electron chi connectivity index (χ3n) is 6.79. The minimum absolute atomic E-state index is 0.176. The number of anilines is 1. The van der Waals surface area contributed by atoms with E-state index in [1.54, 1.807) is 0 Å². The molecule has 2 saturated carbocycles. The fraction of sp³-hybridized carbons (Fsp3) is 0.636. The number of hydrogen-bond acceptors (Lipinski definition) is 4. The van der Waals surface area contributed by atoms with Crippen molar-refractivity contribution < 1.29 is 27.5 Å². The molecule has 1 aliphatic heterocycles. The van der Waals surface area contributed by atoms with Gasteiger partial charge in [0, 0.05) is 38.3 Å². The van der Waals surface area contributed by atoms with E-state index in [0.29, 0.717) is 44.2 Å². The fourth-order valence-corrected chi connectivity index (χ4v) is 5.28. The Kier molecular flexibility index (Phi) is 6.41. The van der Waals surface area contributed by atoms with Crippen LogP contribution in [0.2, 0.25) is 0 Å². The number of nitrogens with one attached hydrogen (secondary N) is 1. The van der Waals surface area contributed by atoms with Crippen LogP contribution < -0.4 is 10.1 Å². The highest BCUT2D eigenvalue weighted by molar-refractivity contribution is 5.92. The van der Waals surface area contributed by atoms with Gasteiger partial charge in [0.15, 0.2) is 0 Å². The molecule has 3 unspecified atom stereocenters. The summed E-state index contributed by atoms with van der Waals surface area (Å²) < 4.78 is 40.4. The lowest BCUT2D eigenvalue weighted by molar-refractivity contribution is -0.274. The predicted octanol–water partition coefficient (Wildman–Crippen LogP) is 3.49. The van der Waals surface area contributed by atoms with E-state index in [2.05, 4.69) is 10.1 Å². The number of ether oxygens (including phenoxy) is 1. The molecule has 2 aliphatic carbocycles. The van der Waals surface area contributed by atoms with Crippen molar-refractivity contribution in [2.24, 2.45) is 17.8 Å². The van der Waals surface area contributed by atoms with Crippen LogP contribution in [0.15, 0.2) is 24.3 Å². The Hall–Kier alpha value is -2.29. The molecule has 2 amide bonds. The van der Waals surface area contributed by atoms with Gasteiger partial charge in [-0.15, -0.1) is 13.2 Å². The first-order valence-corrected chi connectivity index (χ1v) is 10.9. The van der Waals surface area contributed by atoms with Crippen LogP contribution in [-0.2, 0) is 9.59 Å². The lowest BCUT2D eigenvalue weighted by Crippen LogP contribution is -2.50. The zero-order valence-corrected chi connectivity index (χ0v) is 17.4. The molecule has 1 N–H and O–H groups in total. The number of fused-ring (bicyclic) bond motifs is 2. The van der Waals surface area contributed by atoms with Gasteiger partial charge in [-0.25, -0.2) is 0 Å². The van der Waals surface area contributed by atoms with Crippen molar-refractivity contribution in [3.05, 3.63) is 24.3 Å². The molecule has 1 heterocycles. The van der Waals surface area contributed by atoms with Crippen LogP contribution in [0.25, 0.3) is 0 Å².